The number of ether oxygens (including phenoxy) is 2. The minimum absolute atomic E-state index is 0.0218. The van der Waals surface area contributed by atoms with E-state index in [1.165, 1.54) is 0 Å². The van der Waals surface area contributed by atoms with Crippen LogP contribution in [0.15, 0.2) is 23.1 Å². The van der Waals surface area contributed by atoms with Gasteiger partial charge in [0.25, 0.3) is 0 Å². The third-order valence-electron chi connectivity index (χ3n) is 4.79. The predicted molar refractivity (Wildman–Crippen MR) is 89.6 cm³/mol. The van der Waals surface area contributed by atoms with E-state index in [1.807, 2.05) is 12.1 Å². The fraction of sp³-hybridized carbons (Fsp3) is 0.647. The molecule has 2 aliphatic heterocycles. The van der Waals surface area contributed by atoms with E-state index in [1.54, 1.807) is 13.2 Å². The molecule has 2 heterocycles. The summed E-state index contributed by atoms with van der Waals surface area (Å²) >= 11 is 0. The number of fused-ring (bicyclic) bond motifs is 1. The molecule has 2 atom stereocenters. The van der Waals surface area contributed by atoms with E-state index < -0.39 is 9.84 Å². The van der Waals surface area contributed by atoms with Crippen molar-refractivity contribution in [1.29, 1.82) is 0 Å². The lowest BCUT2D eigenvalue weighted by Gasteiger charge is -2.29. The topological polar surface area (TPSA) is 64.6 Å². The first kappa shape index (κ1) is 16.7. The van der Waals surface area contributed by atoms with Gasteiger partial charge in [0.05, 0.1) is 23.4 Å². The number of rotatable bonds is 5. The first-order valence-corrected chi connectivity index (χ1v) is 9.96. The molecule has 0 radical (unpaired) electrons. The molecule has 2 aliphatic rings. The van der Waals surface area contributed by atoms with Gasteiger partial charge in [-0.1, -0.05) is 6.07 Å². The van der Waals surface area contributed by atoms with E-state index in [4.69, 9.17) is 9.47 Å². The van der Waals surface area contributed by atoms with Crippen LogP contribution in [0.2, 0.25) is 0 Å². The second kappa shape index (κ2) is 7.20. The van der Waals surface area contributed by atoms with Crippen LogP contribution >= 0.6 is 0 Å². The Labute approximate surface area is 138 Å². The zero-order chi connectivity index (χ0) is 16.3. The van der Waals surface area contributed by atoms with Crippen LogP contribution in [0.3, 0.4) is 0 Å². The molecule has 6 heteroatoms. The van der Waals surface area contributed by atoms with Crippen LogP contribution in [0.25, 0.3) is 0 Å². The van der Waals surface area contributed by atoms with Crippen LogP contribution in [-0.4, -0.2) is 47.1 Å². The Balaban J connectivity index is 1.83. The molecule has 1 aromatic rings. The molecule has 0 amide bonds. The first-order chi connectivity index (χ1) is 11.1. The summed E-state index contributed by atoms with van der Waals surface area (Å²) in [5, 5.41) is 3.29. The average Bonchev–Trinajstić information content (AvgIpc) is 2.60. The van der Waals surface area contributed by atoms with Gasteiger partial charge in [0.2, 0.25) is 0 Å². The van der Waals surface area contributed by atoms with E-state index in [9.17, 15) is 8.42 Å². The van der Waals surface area contributed by atoms with Crippen LogP contribution in [0.5, 0.6) is 0 Å². The van der Waals surface area contributed by atoms with Gasteiger partial charge in [0.1, 0.15) is 0 Å². The zero-order valence-corrected chi connectivity index (χ0v) is 14.4. The minimum Gasteiger partial charge on any atom is -0.385 e. The van der Waals surface area contributed by atoms with E-state index >= 15 is 0 Å². The number of sulfone groups is 1. The van der Waals surface area contributed by atoms with Crippen molar-refractivity contribution in [3.63, 3.8) is 0 Å². The van der Waals surface area contributed by atoms with Crippen LogP contribution in [-0.2, 0) is 25.7 Å². The van der Waals surface area contributed by atoms with Gasteiger partial charge in [0, 0.05) is 31.9 Å². The lowest BCUT2D eigenvalue weighted by Crippen LogP contribution is -2.36. The Morgan fingerprint density at radius 1 is 1.39 bits per heavy atom. The van der Waals surface area contributed by atoms with Crippen molar-refractivity contribution in [2.45, 2.75) is 36.7 Å². The Bertz CT molecular complexity index is 638. The maximum absolute atomic E-state index is 13.0. The SMILES string of the molecule is COC(CS(=O)(=O)c1cccc2c1CCCN2)C1CCCOC1. The highest BCUT2D eigenvalue weighted by Crippen LogP contribution is 2.30. The molecular weight excluding hydrogens is 314 g/mol. The first-order valence-electron chi connectivity index (χ1n) is 8.31. The van der Waals surface area contributed by atoms with Gasteiger partial charge in [-0.25, -0.2) is 8.42 Å². The summed E-state index contributed by atoms with van der Waals surface area (Å²) in [4.78, 5) is 0.459. The van der Waals surface area contributed by atoms with Crippen LogP contribution in [0.4, 0.5) is 5.69 Å². The number of anilines is 1. The fourth-order valence-corrected chi connectivity index (χ4v) is 5.42. The van der Waals surface area contributed by atoms with Gasteiger partial charge in [-0.05, 0) is 43.4 Å². The fourth-order valence-electron chi connectivity index (χ4n) is 3.53. The molecule has 23 heavy (non-hydrogen) atoms. The quantitative estimate of drug-likeness (QED) is 0.891. The van der Waals surface area contributed by atoms with Crippen LogP contribution in [0.1, 0.15) is 24.8 Å². The summed E-state index contributed by atoms with van der Waals surface area (Å²) in [5.74, 6) is 0.176. The standard InChI is InChI=1S/C17H25NO4S/c1-21-16(13-5-4-10-22-11-13)12-23(19,20)17-8-2-7-15-14(17)6-3-9-18-15/h2,7-8,13,16,18H,3-6,9-12H2,1H3. The summed E-state index contributed by atoms with van der Waals surface area (Å²) in [6.07, 6.45) is 3.39. The predicted octanol–water partition coefficient (Wildman–Crippen LogP) is 2.26. The molecule has 1 fully saturated rings. The summed E-state index contributed by atoms with van der Waals surface area (Å²) < 4.78 is 36.9. The smallest absolute Gasteiger partial charge is 0.181 e. The number of hydrogen-bond acceptors (Lipinski definition) is 5. The highest BCUT2D eigenvalue weighted by molar-refractivity contribution is 7.91. The van der Waals surface area contributed by atoms with Gasteiger partial charge < -0.3 is 14.8 Å². The maximum atomic E-state index is 13.0. The summed E-state index contributed by atoms with van der Waals surface area (Å²) in [6.45, 7) is 2.25. The molecule has 0 bridgehead atoms. The van der Waals surface area contributed by atoms with Gasteiger partial charge in [0.15, 0.2) is 9.84 Å². The molecule has 5 nitrogen and oxygen atoms in total. The van der Waals surface area contributed by atoms with Gasteiger partial charge in [-0.15, -0.1) is 0 Å². The molecule has 2 unspecified atom stereocenters. The third kappa shape index (κ3) is 3.70. The highest BCUT2D eigenvalue weighted by atomic mass is 32.2. The van der Waals surface area contributed by atoms with E-state index in [2.05, 4.69) is 5.32 Å². The van der Waals surface area contributed by atoms with E-state index in [-0.39, 0.29) is 17.8 Å². The Hall–Kier alpha value is -1.11. The molecule has 0 saturated carbocycles. The number of hydrogen-bond donors (Lipinski definition) is 1. The van der Waals surface area contributed by atoms with Crippen LogP contribution in [0, 0.1) is 5.92 Å². The third-order valence-corrected chi connectivity index (χ3v) is 6.61. The van der Waals surface area contributed by atoms with Crippen molar-refractivity contribution < 1.29 is 17.9 Å². The molecule has 0 spiro atoms. The summed E-state index contributed by atoms with van der Waals surface area (Å²) in [5.41, 5.74) is 1.88. The van der Waals surface area contributed by atoms with Crippen LogP contribution < -0.4 is 5.32 Å². The Kier molecular flexibility index (Phi) is 5.24. The molecule has 0 aliphatic carbocycles. The molecule has 1 N–H and O–H groups in total. The summed E-state index contributed by atoms with van der Waals surface area (Å²) in [7, 11) is -1.79. The number of nitrogens with one attached hydrogen (secondary N) is 1. The molecule has 1 saturated heterocycles. The average molecular weight is 339 g/mol. The van der Waals surface area contributed by atoms with Gasteiger partial charge >= 0.3 is 0 Å². The monoisotopic (exact) mass is 339 g/mol. The maximum Gasteiger partial charge on any atom is 0.181 e. The van der Waals surface area contributed by atoms with Gasteiger partial charge in [-0.3, -0.25) is 0 Å². The normalized spacial score (nSPS) is 22.9. The minimum atomic E-state index is -3.38. The Morgan fingerprint density at radius 2 is 2.26 bits per heavy atom. The molecule has 3 rings (SSSR count). The molecule has 1 aromatic carbocycles. The number of benzene rings is 1. The zero-order valence-electron chi connectivity index (χ0n) is 13.6. The highest BCUT2D eigenvalue weighted by Gasteiger charge is 2.31. The molecule has 0 aromatic heterocycles. The lowest BCUT2D eigenvalue weighted by molar-refractivity contribution is -0.0189. The van der Waals surface area contributed by atoms with Crippen molar-refractivity contribution in [3.8, 4) is 0 Å². The second-order valence-corrected chi connectivity index (χ2v) is 8.35. The van der Waals surface area contributed by atoms with Crippen molar-refractivity contribution in [2.24, 2.45) is 5.92 Å². The van der Waals surface area contributed by atoms with Crippen molar-refractivity contribution in [1.82, 2.24) is 0 Å². The second-order valence-electron chi connectivity index (χ2n) is 6.35. The van der Waals surface area contributed by atoms with Gasteiger partial charge in [-0.2, -0.15) is 0 Å². The molecular formula is C17H25NO4S. The Morgan fingerprint density at radius 3 is 3.00 bits per heavy atom. The van der Waals surface area contributed by atoms with Crippen molar-refractivity contribution >= 4 is 15.5 Å². The van der Waals surface area contributed by atoms with Crippen molar-refractivity contribution in [2.75, 3.05) is 37.9 Å². The lowest BCUT2D eigenvalue weighted by atomic mass is 9.97. The largest absolute Gasteiger partial charge is 0.385 e. The van der Waals surface area contributed by atoms with Crippen molar-refractivity contribution in [3.05, 3.63) is 23.8 Å². The summed E-state index contributed by atoms with van der Waals surface area (Å²) in [6, 6.07) is 5.50. The number of methoxy groups -OCH3 is 1. The van der Waals surface area contributed by atoms with E-state index in [0.29, 0.717) is 11.5 Å². The van der Waals surface area contributed by atoms with E-state index in [0.717, 1.165) is 50.1 Å². The molecule has 128 valence electrons.